The lowest BCUT2D eigenvalue weighted by Crippen LogP contribution is -2.43. The lowest BCUT2D eigenvalue weighted by molar-refractivity contribution is 0.129. The maximum atomic E-state index is 2.72. The van der Waals surface area contributed by atoms with Crippen LogP contribution in [0.15, 0.2) is 0 Å². The molecule has 2 rings (SSSR count). The molecule has 2 fully saturated rings. The molecule has 0 aliphatic carbocycles. The van der Waals surface area contributed by atoms with Crippen LogP contribution >= 0.6 is 0 Å². The summed E-state index contributed by atoms with van der Waals surface area (Å²) in [5, 5.41) is 0. The third-order valence-electron chi connectivity index (χ3n) is 4.73. The van der Waals surface area contributed by atoms with E-state index in [9.17, 15) is 0 Å². The van der Waals surface area contributed by atoms with Gasteiger partial charge < -0.3 is 4.90 Å². The molecule has 0 N–H and O–H groups in total. The van der Waals surface area contributed by atoms with Crippen LogP contribution in [0.25, 0.3) is 0 Å². The zero-order valence-electron chi connectivity index (χ0n) is 10.8. The molecule has 15 heavy (non-hydrogen) atoms. The van der Waals surface area contributed by atoms with Crippen molar-refractivity contribution in [2.75, 3.05) is 32.7 Å². The first-order chi connectivity index (χ1) is 7.06. The van der Waals surface area contributed by atoms with E-state index in [1.165, 1.54) is 39.1 Å². The molecule has 0 aromatic heterocycles. The van der Waals surface area contributed by atoms with Crippen LogP contribution in [-0.4, -0.2) is 48.1 Å². The second-order valence-corrected chi connectivity index (χ2v) is 5.94. The lowest BCUT2D eigenvalue weighted by atomic mass is 10.00. The molecule has 0 saturated carbocycles. The SMILES string of the molecule is CCN1CC2CN(C(C)(C)CC)CC2C1. The summed E-state index contributed by atoms with van der Waals surface area (Å²) < 4.78 is 0. The summed E-state index contributed by atoms with van der Waals surface area (Å²) in [7, 11) is 0. The second-order valence-electron chi connectivity index (χ2n) is 5.94. The molecule has 2 aliphatic rings. The molecule has 2 heterocycles. The zero-order chi connectivity index (χ0) is 11.1. The van der Waals surface area contributed by atoms with Crippen LogP contribution in [0.2, 0.25) is 0 Å². The Morgan fingerprint density at radius 2 is 1.53 bits per heavy atom. The molecule has 0 radical (unpaired) electrons. The molecule has 2 atom stereocenters. The van der Waals surface area contributed by atoms with Crippen LogP contribution in [0, 0.1) is 11.8 Å². The maximum absolute atomic E-state index is 2.72. The van der Waals surface area contributed by atoms with E-state index in [0.717, 1.165) is 11.8 Å². The molecular formula is C13H26N2. The summed E-state index contributed by atoms with van der Waals surface area (Å²) in [6.45, 7) is 16.0. The van der Waals surface area contributed by atoms with Gasteiger partial charge in [-0.15, -0.1) is 0 Å². The van der Waals surface area contributed by atoms with Crippen molar-refractivity contribution in [3.05, 3.63) is 0 Å². The highest BCUT2D eigenvalue weighted by molar-refractivity contribution is 4.97. The number of nitrogens with zero attached hydrogens (tertiary/aromatic N) is 2. The average molecular weight is 210 g/mol. The van der Waals surface area contributed by atoms with E-state index in [1.54, 1.807) is 0 Å². The summed E-state index contributed by atoms with van der Waals surface area (Å²) >= 11 is 0. The van der Waals surface area contributed by atoms with Crippen molar-refractivity contribution in [3.63, 3.8) is 0 Å². The smallest absolute Gasteiger partial charge is 0.0150 e. The topological polar surface area (TPSA) is 6.48 Å². The van der Waals surface area contributed by atoms with E-state index in [-0.39, 0.29) is 0 Å². The van der Waals surface area contributed by atoms with E-state index in [4.69, 9.17) is 0 Å². The Morgan fingerprint density at radius 1 is 1.00 bits per heavy atom. The van der Waals surface area contributed by atoms with E-state index in [0.29, 0.717) is 5.54 Å². The van der Waals surface area contributed by atoms with Gasteiger partial charge in [-0.25, -0.2) is 0 Å². The molecule has 88 valence electrons. The van der Waals surface area contributed by atoms with Gasteiger partial charge in [0.2, 0.25) is 0 Å². The van der Waals surface area contributed by atoms with Gasteiger partial charge in [-0.05, 0) is 38.6 Å². The number of likely N-dealkylation sites (tertiary alicyclic amines) is 2. The molecule has 0 aromatic carbocycles. The molecule has 2 heteroatoms. The standard InChI is InChI=1S/C13H26N2/c1-5-13(3,4)15-9-11-7-14(6-2)8-12(11)10-15/h11-12H,5-10H2,1-4H3. The van der Waals surface area contributed by atoms with E-state index >= 15 is 0 Å². The highest BCUT2D eigenvalue weighted by atomic mass is 15.3. The first kappa shape index (κ1) is 11.4. The van der Waals surface area contributed by atoms with Gasteiger partial charge in [0.25, 0.3) is 0 Å². The van der Waals surface area contributed by atoms with Crippen molar-refractivity contribution < 1.29 is 0 Å². The predicted molar refractivity (Wildman–Crippen MR) is 65.0 cm³/mol. The van der Waals surface area contributed by atoms with Gasteiger partial charge in [-0.3, -0.25) is 4.90 Å². The van der Waals surface area contributed by atoms with Crippen molar-refractivity contribution in [1.82, 2.24) is 9.80 Å². The normalized spacial score (nSPS) is 33.6. The number of hydrogen-bond acceptors (Lipinski definition) is 2. The third-order valence-corrected chi connectivity index (χ3v) is 4.73. The van der Waals surface area contributed by atoms with Crippen molar-refractivity contribution in [2.24, 2.45) is 11.8 Å². The summed E-state index contributed by atoms with van der Waals surface area (Å²) in [6.07, 6.45) is 1.27. The molecule has 0 spiro atoms. The minimum absolute atomic E-state index is 0.418. The zero-order valence-corrected chi connectivity index (χ0v) is 10.8. The molecule has 0 bridgehead atoms. The van der Waals surface area contributed by atoms with E-state index in [2.05, 4.69) is 37.5 Å². The van der Waals surface area contributed by atoms with E-state index < -0.39 is 0 Å². The van der Waals surface area contributed by atoms with Crippen LogP contribution in [0.1, 0.15) is 34.1 Å². The number of hydrogen-bond donors (Lipinski definition) is 0. The van der Waals surface area contributed by atoms with Gasteiger partial charge in [0, 0.05) is 31.7 Å². The molecule has 0 amide bonds. The van der Waals surface area contributed by atoms with Crippen molar-refractivity contribution >= 4 is 0 Å². The Labute approximate surface area is 94.6 Å². The van der Waals surface area contributed by atoms with Crippen LogP contribution < -0.4 is 0 Å². The highest BCUT2D eigenvalue weighted by Gasteiger charge is 2.42. The fraction of sp³-hybridized carbons (Fsp3) is 1.00. The number of rotatable bonds is 3. The van der Waals surface area contributed by atoms with Crippen LogP contribution in [0.5, 0.6) is 0 Å². The van der Waals surface area contributed by atoms with E-state index in [1.807, 2.05) is 0 Å². The molecule has 2 saturated heterocycles. The summed E-state index contributed by atoms with van der Waals surface area (Å²) in [5.74, 6) is 1.91. The fourth-order valence-electron chi connectivity index (χ4n) is 3.07. The molecule has 2 nitrogen and oxygen atoms in total. The average Bonchev–Trinajstić information content (AvgIpc) is 2.74. The minimum atomic E-state index is 0.418. The van der Waals surface area contributed by atoms with Gasteiger partial charge >= 0.3 is 0 Å². The maximum Gasteiger partial charge on any atom is 0.0150 e. The molecule has 0 aromatic rings. The van der Waals surface area contributed by atoms with Crippen LogP contribution in [0.3, 0.4) is 0 Å². The Kier molecular flexibility index (Phi) is 3.09. The van der Waals surface area contributed by atoms with Gasteiger partial charge in [0.1, 0.15) is 0 Å². The Morgan fingerprint density at radius 3 is 1.93 bits per heavy atom. The monoisotopic (exact) mass is 210 g/mol. The van der Waals surface area contributed by atoms with Gasteiger partial charge in [-0.1, -0.05) is 13.8 Å². The first-order valence-electron chi connectivity index (χ1n) is 6.54. The Hall–Kier alpha value is -0.0800. The van der Waals surface area contributed by atoms with Gasteiger partial charge in [0.05, 0.1) is 0 Å². The highest BCUT2D eigenvalue weighted by Crippen LogP contribution is 2.35. The predicted octanol–water partition coefficient (Wildman–Crippen LogP) is 2.06. The summed E-state index contributed by atoms with van der Waals surface area (Å²) in [6, 6.07) is 0. The van der Waals surface area contributed by atoms with Crippen molar-refractivity contribution in [2.45, 2.75) is 39.7 Å². The molecular weight excluding hydrogens is 184 g/mol. The van der Waals surface area contributed by atoms with Gasteiger partial charge in [0.15, 0.2) is 0 Å². The fourth-order valence-corrected chi connectivity index (χ4v) is 3.07. The summed E-state index contributed by atoms with van der Waals surface area (Å²) in [5.41, 5.74) is 0.418. The Balaban J connectivity index is 1.94. The van der Waals surface area contributed by atoms with Gasteiger partial charge in [-0.2, -0.15) is 0 Å². The third kappa shape index (κ3) is 2.07. The summed E-state index contributed by atoms with van der Waals surface area (Å²) in [4.78, 5) is 5.33. The quantitative estimate of drug-likeness (QED) is 0.703. The molecule has 2 unspecified atom stereocenters. The number of fused-ring (bicyclic) bond motifs is 1. The van der Waals surface area contributed by atoms with Crippen molar-refractivity contribution in [1.29, 1.82) is 0 Å². The van der Waals surface area contributed by atoms with Crippen LogP contribution in [0.4, 0.5) is 0 Å². The van der Waals surface area contributed by atoms with Crippen LogP contribution in [-0.2, 0) is 0 Å². The minimum Gasteiger partial charge on any atom is -0.303 e. The van der Waals surface area contributed by atoms with Crippen molar-refractivity contribution in [3.8, 4) is 0 Å². The largest absolute Gasteiger partial charge is 0.303 e. The lowest BCUT2D eigenvalue weighted by Gasteiger charge is -2.35. The first-order valence-corrected chi connectivity index (χ1v) is 6.54. The molecule has 2 aliphatic heterocycles. The second kappa shape index (κ2) is 4.06. The Bertz CT molecular complexity index is 211.